The van der Waals surface area contributed by atoms with Crippen molar-refractivity contribution >= 4 is 19.6 Å². The summed E-state index contributed by atoms with van der Waals surface area (Å²) in [6.45, 7) is 2.21. The first-order valence-electron chi connectivity index (χ1n) is 5.56. The Labute approximate surface area is 98.4 Å². The van der Waals surface area contributed by atoms with Crippen molar-refractivity contribution in [1.29, 1.82) is 0 Å². The molecule has 1 nitrogen and oxygen atoms in total. The van der Waals surface area contributed by atoms with Crippen LogP contribution in [0.25, 0.3) is 0 Å². The molecule has 0 aliphatic rings. The summed E-state index contributed by atoms with van der Waals surface area (Å²) >= 11 is 0.148. The molecule has 0 amide bonds. The molecule has 0 heterocycles. The van der Waals surface area contributed by atoms with Gasteiger partial charge in [0.2, 0.25) is 0 Å². The van der Waals surface area contributed by atoms with Crippen LogP contribution in [0.15, 0.2) is 30.3 Å². The summed E-state index contributed by atoms with van der Waals surface area (Å²) in [5.74, 6) is 0. The van der Waals surface area contributed by atoms with Crippen molar-refractivity contribution < 1.29 is 4.79 Å². The summed E-state index contributed by atoms with van der Waals surface area (Å²) in [6, 6.07) is 9.64. The van der Waals surface area contributed by atoms with Crippen LogP contribution in [-0.4, -0.2) is 19.6 Å². The number of rotatable bonds is 7. The third kappa shape index (κ3) is 5.15. The molecular formula is C13H18OSe. The molecule has 0 aromatic heterocycles. The number of carbonyl (C=O) groups excluding carboxylic acids is 1. The van der Waals surface area contributed by atoms with E-state index >= 15 is 0 Å². The minimum atomic E-state index is 0.148. The molecule has 0 N–H and O–H groups in total. The van der Waals surface area contributed by atoms with Gasteiger partial charge in [-0.3, -0.25) is 0 Å². The second kappa shape index (κ2) is 7.67. The molecule has 0 atom stereocenters. The van der Waals surface area contributed by atoms with Crippen molar-refractivity contribution in [2.45, 2.75) is 37.9 Å². The Kier molecular flexibility index (Phi) is 6.38. The van der Waals surface area contributed by atoms with Crippen molar-refractivity contribution in [3.05, 3.63) is 35.9 Å². The van der Waals surface area contributed by atoms with E-state index in [4.69, 9.17) is 0 Å². The Hall–Kier alpha value is -0.591. The summed E-state index contributed by atoms with van der Waals surface area (Å²) in [5.41, 5.74) is 0.882. The van der Waals surface area contributed by atoms with Gasteiger partial charge >= 0.3 is 98.3 Å². The molecule has 0 unspecified atom stereocenters. The zero-order valence-corrected chi connectivity index (χ0v) is 11.0. The van der Waals surface area contributed by atoms with Crippen molar-refractivity contribution in [1.82, 2.24) is 0 Å². The second-order valence-electron chi connectivity index (χ2n) is 3.56. The van der Waals surface area contributed by atoms with E-state index < -0.39 is 0 Å². The molecule has 1 rings (SSSR count). The van der Waals surface area contributed by atoms with Gasteiger partial charge in [0.25, 0.3) is 0 Å². The van der Waals surface area contributed by atoms with E-state index in [-0.39, 0.29) is 15.0 Å². The minimum absolute atomic E-state index is 0.148. The normalized spacial score (nSPS) is 10.2. The molecule has 0 spiro atoms. The van der Waals surface area contributed by atoms with Gasteiger partial charge in [-0.25, -0.2) is 0 Å². The van der Waals surface area contributed by atoms with E-state index in [9.17, 15) is 4.79 Å². The van der Waals surface area contributed by atoms with Gasteiger partial charge in [0.05, 0.1) is 0 Å². The van der Waals surface area contributed by atoms with E-state index in [1.807, 2.05) is 30.3 Å². The average molecular weight is 269 g/mol. The fourth-order valence-electron chi connectivity index (χ4n) is 1.35. The predicted octanol–water partition coefficient (Wildman–Crippen LogP) is 3.53. The van der Waals surface area contributed by atoms with Gasteiger partial charge in [-0.15, -0.1) is 0 Å². The number of benzene rings is 1. The average Bonchev–Trinajstić information content (AvgIpc) is 2.30. The zero-order chi connectivity index (χ0) is 10.9. The van der Waals surface area contributed by atoms with Crippen LogP contribution in [0.2, 0.25) is 5.32 Å². The molecule has 82 valence electrons. The molecule has 0 aliphatic carbocycles. The van der Waals surface area contributed by atoms with Crippen molar-refractivity contribution in [3.8, 4) is 0 Å². The predicted molar refractivity (Wildman–Crippen MR) is 65.5 cm³/mol. The molecule has 0 saturated heterocycles. The van der Waals surface area contributed by atoms with E-state index in [2.05, 4.69) is 6.92 Å². The number of hydrogen-bond acceptors (Lipinski definition) is 1. The molecule has 1 aromatic rings. The van der Waals surface area contributed by atoms with Crippen molar-refractivity contribution in [2.24, 2.45) is 0 Å². The van der Waals surface area contributed by atoms with Gasteiger partial charge in [-0.2, -0.15) is 0 Å². The van der Waals surface area contributed by atoms with E-state index in [0.29, 0.717) is 4.68 Å². The van der Waals surface area contributed by atoms with Crippen molar-refractivity contribution in [2.75, 3.05) is 0 Å². The van der Waals surface area contributed by atoms with E-state index in [1.165, 1.54) is 25.7 Å². The summed E-state index contributed by atoms with van der Waals surface area (Å²) < 4.78 is 0.347. The number of hydrogen-bond donors (Lipinski definition) is 0. The molecule has 0 fully saturated rings. The number of unbranched alkanes of at least 4 members (excludes halogenated alkanes) is 3. The fourth-order valence-corrected chi connectivity index (χ4v) is 3.11. The Morgan fingerprint density at radius 3 is 2.53 bits per heavy atom. The van der Waals surface area contributed by atoms with E-state index in [0.717, 1.165) is 10.9 Å². The second-order valence-corrected chi connectivity index (χ2v) is 5.80. The first-order chi connectivity index (χ1) is 7.34. The molecule has 15 heavy (non-hydrogen) atoms. The van der Waals surface area contributed by atoms with Gasteiger partial charge in [0.1, 0.15) is 0 Å². The summed E-state index contributed by atoms with van der Waals surface area (Å²) in [7, 11) is 0. The zero-order valence-electron chi connectivity index (χ0n) is 9.24. The van der Waals surface area contributed by atoms with Crippen LogP contribution in [0.3, 0.4) is 0 Å². The van der Waals surface area contributed by atoms with Crippen LogP contribution in [0.5, 0.6) is 0 Å². The van der Waals surface area contributed by atoms with Gasteiger partial charge in [-0.1, -0.05) is 0 Å². The first kappa shape index (κ1) is 12.5. The van der Waals surface area contributed by atoms with Gasteiger partial charge in [0, 0.05) is 0 Å². The van der Waals surface area contributed by atoms with Gasteiger partial charge < -0.3 is 0 Å². The van der Waals surface area contributed by atoms with E-state index in [1.54, 1.807) is 0 Å². The van der Waals surface area contributed by atoms with Crippen LogP contribution in [0.1, 0.15) is 43.0 Å². The van der Waals surface area contributed by atoms with Crippen LogP contribution >= 0.6 is 0 Å². The Morgan fingerprint density at radius 1 is 1.13 bits per heavy atom. The Bertz CT molecular complexity index is 282. The maximum absolute atomic E-state index is 11.7. The first-order valence-corrected chi connectivity index (χ1v) is 7.63. The molecule has 0 bridgehead atoms. The quantitative estimate of drug-likeness (QED) is 0.546. The Morgan fingerprint density at radius 2 is 1.87 bits per heavy atom. The number of carbonyl (C=O) groups is 1. The topological polar surface area (TPSA) is 17.1 Å². The third-order valence-corrected chi connectivity index (χ3v) is 4.32. The third-order valence-electron chi connectivity index (χ3n) is 2.24. The fraction of sp³-hybridized carbons (Fsp3) is 0.462. The molecule has 1 aromatic carbocycles. The van der Waals surface area contributed by atoms with Crippen LogP contribution < -0.4 is 0 Å². The van der Waals surface area contributed by atoms with Crippen LogP contribution in [-0.2, 0) is 0 Å². The molecule has 0 saturated carbocycles. The standard InChI is InChI=1S/C13H18OSe/c1-2-3-4-8-11-15-13(14)12-9-6-5-7-10-12/h5-7,9-10H,2-4,8,11H2,1H3. The van der Waals surface area contributed by atoms with Gasteiger partial charge in [-0.05, 0) is 0 Å². The SMILES string of the molecule is CCCCCC[Se]C(=O)c1ccccc1. The van der Waals surface area contributed by atoms with Crippen LogP contribution in [0.4, 0.5) is 0 Å². The molecular weight excluding hydrogens is 251 g/mol. The summed E-state index contributed by atoms with van der Waals surface area (Å²) in [5, 5.41) is 1.10. The molecule has 2 heteroatoms. The molecule has 0 radical (unpaired) electrons. The maximum atomic E-state index is 11.7. The summed E-state index contributed by atoms with van der Waals surface area (Å²) in [6.07, 6.45) is 5.06. The monoisotopic (exact) mass is 270 g/mol. The summed E-state index contributed by atoms with van der Waals surface area (Å²) in [4.78, 5) is 11.7. The van der Waals surface area contributed by atoms with Gasteiger partial charge in [0.15, 0.2) is 0 Å². The Balaban J connectivity index is 2.20. The van der Waals surface area contributed by atoms with Crippen LogP contribution in [0, 0.1) is 0 Å². The molecule has 0 aliphatic heterocycles. The van der Waals surface area contributed by atoms with Crippen molar-refractivity contribution in [3.63, 3.8) is 0 Å².